The van der Waals surface area contributed by atoms with Crippen molar-refractivity contribution in [1.29, 1.82) is 0 Å². The summed E-state index contributed by atoms with van der Waals surface area (Å²) in [6.07, 6.45) is 2.65. The molecule has 0 bridgehead atoms. The van der Waals surface area contributed by atoms with E-state index in [-0.39, 0.29) is 0 Å². The van der Waals surface area contributed by atoms with Gasteiger partial charge in [-0.15, -0.1) is 0 Å². The van der Waals surface area contributed by atoms with Gasteiger partial charge in [0.25, 0.3) is 0 Å². The van der Waals surface area contributed by atoms with Crippen molar-refractivity contribution in [3.8, 4) is 11.5 Å². The van der Waals surface area contributed by atoms with E-state index in [2.05, 4.69) is 29.2 Å². The number of hydrogen-bond acceptors (Lipinski definition) is 3. The molecule has 0 amide bonds. The zero-order valence-corrected chi connectivity index (χ0v) is 15.0. The maximum atomic E-state index is 5.89. The van der Waals surface area contributed by atoms with Crippen molar-refractivity contribution in [2.45, 2.75) is 13.0 Å². The van der Waals surface area contributed by atoms with Gasteiger partial charge in [-0.05, 0) is 47.5 Å². The molecular weight excluding hydrogens is 334 g/mol. The molecule has 0 aliphatic heterocycles. The fourth-order valence-electron chi connectivity index (χ4n) is 2.92. The van der Waals surface area contributed by atoms with Crippen LogP contribution in [0, 0.1) is 0 Å². The average molecular weight is 355 g/mol. The molecule has 3 heteroatoms. The van der Waals surface area contributed by atoms with Gasteiger partial charge in [-0.1, -0.05) is 48.5 Å². The Hall–Kier alpha value is -3.33. The van der Waals surface area contributed by atoms with Gasteiger partial charge in [0.2, 0.25) is 0 Å². The van der Waals surface area contributed by atoms with Crippen molar-refractivity contribution in [1.82, 2.24) is 4.98 Å². The van der Waals surface area contributed by atoms with Crippen LogP contribution in [0.4, 0.5) is 0 Å². The molecule has 1 aromatic heterocycles. The van der Waals surface area contributed by atoms with E-state index >= 15 is 0 Å². The summed E-state index contributed by atoms with van der Waals surface area (Å²) in [5, 5.41) is 1.09. The molecule has 134 valence electrons. The van der Waals surface area contributed by atoms with Crippen molar-refractivity contribution < 1.29 is 9.47 Å². The lowest BCUT2D eigenvalue weighted by Crippen LogP contribution is -2.01. The number of hydrogen-bond donors (Lipinski definition) is 0. The van der Waals surface area contributed by atoms with E-state index in [4.69, 9.17) is 9.47 Å². The second kappa shape index (κ2) is 8.37. The van der Waals surface area contributed by atoms with Crippen LogP contribution in [-0.2, 0) is 13.0 Å². The number of fused-ring (bicyclic) bond motifs is 1. The molecule has 0 atom stereocenters. The molecule has 3 nitrogen and oxygen atoms in total. The number of benzene rings is 3. The van der Waals surface area contributed by atoms with Gasteiger partial charge in [-0.3, -0.25) is 4.98 Å². The quantitative estimate of drug-likeness (QED) is 0.443. The second-order valence-corrected chi connectivity index (χ2v) is 6.37. The maximum Gasteiger partial charge on any atom is 0.120 e. The third kappa shape index (κ3) is 4.64. The normalized spacial score (nSPS) is 10.7. The van der Waals surface area contributed by atoms with Gasteiger partial charge in [0.1, 0.15) is 18.1 Å². The van der Waals surface area contributed by atoms with E-state index in [0.717, 1.165) is 28.8 Å². The predicted molar refractivity (Wildman–Crippen MR) is 108 cm³/mol. The van der Waals surface area contributed by atoms with Crippen LogP contribution < -0.4 is 9.47 Å². The summed E-state index contributed by atoms with van der Waals surface area (Å²) in [5.74, 6) is 1.75. The molecule has 0 unspecified atom stereocenters. The molecule has 0 radical (unpaired) electrons. The second-order valence-electron chi connectivity index (χ2n) is 6.37. The number of pyridine rings is 1. The summed E-state index contributed by atoms with van der Waals surface area (Å²) < 4.78 is 11.7. The molecule has 0 N–H and O–H groups in total. The van der Waals surface area contributed by atoms with Crippen molar-refractivity contribution in [2.75, 3.05) is 6.61 Å². The molecule has 1 heterocycles. The minimum atomic E-state index is 0.583. The highest BCUT2D eigenvalue weighted by atomic mass is 16.5. The topological polar surface area (TPSA) is 31.4 Å². The predicted octanol–water partition coefficient (Wildman–Crippen LogP) is 5.44. The Balaban J connectivity index is 1.28. The van der Waals surface area contributed by atoms with Crippen LogP contribution in [0.3, 0.4) is 0 Å². The van der Waals surface area contributed by atoms with Gasteiger partial charge in [0.15, 0.2) is 0 Å². The summed E-state index contributed by atoms with van der Waals surface area (Å²) in [6.45, 7) is 1.22. The number of rotatable bonds is 7. The van der Waals surface area contributed by atoms with Crippen LogP contribution in [0.1, 0.15) is 11.1 Å². The van der Waals surface area contributed by atoms with Crippen molar-refractivity contribution in [3.05, 3.63) is 102 Å². The molecule has 0 aliphatic rings. The van der Waals surface area contributed by atoms with Crippen molar-refractivity contribution in [2.24, 2.45) is 0 Å². The first-order valence-corrected chi connectivity index (χ1v) is 9.10. The fraction of sp³-hybridized carbons (Fsp3) is 0.125. The molecule has 27 heavy (non-hydrogen) atoms. The summed E-state index contributed by atoms with van der Waals surface area (Å²) in [7, 11) is 0. The van der Waals surface area contributed by atoms with Gasteiger partial charge >= 0.3 is 0 Å². The Labute approximate surface area is 159 Å². The van der Waals surface area contributed by atoms with E-state index in [1.54, 1.807) is 6.20 Å². The first-order chi connectivity index (χ1) is 13.4. The van der Waals surface area contributed by atoms with Gasteiger partial charge < -0.3 is 9.47 Å². The van der Waals surface area contributed by atoms with Crippen molar-refractivity contribution in [3.63, 3.8) is 0 Å². The zero-order chi connectivity index (χ0) is 18.3. The first kappa shape index (κ1) is 17.1. The SMILES string of the molecule is c1ccc(COc2ccc(CCOc3ccc4ncccc4c3)cc2)cc1. The molecular formula is C24H21NO2. The van der Waals surface area contributed by atoms with Crippen LogP contribution in [0.15, 0.2) is 91.1 Å². The van der Waals surface area contributed by atoms with E-state index in [0.29, 0.717) is 13.2 Å². The summed E-state index contributed by atoms with van der Waals surface area (Å²) in [5.41, 5.74) is 3.38. The van der Waals surface area contributed by atoms with Crippen molar-refractivity contribution >= 4 is 10.9 Å². The highest BCUT2D eigenvalue weighted by Crippen LogP contribution is 2.19. The molecule has 4 aromatic rings. The van der Waals surface area contributed by atoms with Crippen LogP contribution in [0.2, 0.25) is 0 Å². The standard InChI is InChI=1S/C24H21NO2/c1-2-5-20(6-3-1)18-27-22-10-8-19(9-11-22)14-16-26-23-12-13-24-21(17-23)7-4-15-25-24/h1-13,15,17H,14,16,18H2. The minimum Gasteiger partial charge on any atom is -0.493 e. The Morgan fingerprint density at radius 1 is 0.667 bits per heavy atom. The van der Waals surface area contributed by atoms with Gasteiger partial charge in [-0.25, -0.2) is 0 Å². The smallest absolute Gasteiger partial charge is 0.120 e. The summed E-state index contributed by atoms with van der Waals surface area (Å²) >= 11 is 0. The first-order valence-electron chi connectivity index (χ1n) is 9.10. The Bertz CT molecular complexity index is 997. The molecule has 0 fully saturated rings. The Morgan fingerprint density at radius 3 is 2.33 bits per heavy atom. The third-order valence-corrected chi connectivity index (χ3v) is 4.41. The van der Waals surface area contributed by atoms with Crippen LogP contribution in [0.5, 0.6) is 11.5 Å². The van der Waals surface area contributed by atoms with E-state index < -0.39 is 0 Å². The summed E-state index contributed by atoms with van der Waals surface area (Å²) in [6, 6.07) is 28.4. The lowest BCUT2D eigenvalue weighted by atomic mass is 10.1. The Kier molecular flexibility index (Phi) is 5.30. The van der Waals surface area contributed by atoms with E-state index in [9.17, 15) is 0 Å². The lowest BCUT2D eigenvalue weighted by molar-refractivity contribution is 0.305. The monoisotopic (exact) mass is 355 g/mol. The van der Waals surface area contributed by atoms with Gasteiger partial charge in [-0.2, -0.15) is 0 Å². The molecule has 0 aliphatic carbocycles. The van der Waals surface area contributed by atoms with Crippen LogP contribution in [-0.4, -0.2) is 11.6 Å². The zero-order valence-electron chi connectivity index (χ0n) is 15.0. The third-order valence-electron chi connectivity index (χ3n) is 4.41. The largest absolute Gasteiger partial charge is 0.493 e. The maximum absolute atomic E-state index is 5.89. The highest BCUT2D eigenvalue weighted by molar-refractivity contribution is 5.79. The lowest BCUT2D eigenvalue weighted by Gasteiger charge is -2.09. The highest BCUT2D eigenvalue weighted by Gasteiger charge is 2.00. The fourth-order valence-corrected chi connectivity index (χ4v) is 2.92. The molecule has 0 saturated carbocycles. The number of nitrogens with zero attached hydrogens (tertiary/aromatic N) is 1. The van der Waals surface area contributed by atoms with Crippen LogP contribution >= 0.6 is 0 Å². The summed E-state index contributed by atoms with van der Waals surface area (Å²) in [4.78, 5) is 4.33. The van der Waals surface area contributed by atoms with E-state index in [1.807, 2.05) is 60.7 Å². The average Bonchev–Trinajstić information content (AvgIpc) is 2.74. The van der Waals surface area contributed by atoms with Gasteiger partial charge in [0.05, 0.1) is 12.1 Å². The van der Waals surface area contributed by atoms with Crippen LogP contribution in [0.25, 0.3) is 10.9 Å². The molecule has 0 spiro atoms. The van der Waals surface area contributed by atoms with E-state index in [1.165, 1.54) is 11.1 Å². The number of ether oxygens (including phenoxy) is 2. The molecule has 0 saturated heterocycles. The van der Waals surface area contributed by atoms with Gasteiger partial charge in [0, 0.05) is 18.0 Å². The number of aromatic nitrogens is 1. The minimum absolute atomic E-state index is 0.583. The molecule has 4 rings (SSSR count). The molecule has 3 aromatic carbocycles. The Morgan fingerprint density at radius 2 is 1.48 bits per heavy atom.